The zero-order valence-electron chi connectivity index (χ0n) is 15.9. The SMILES string of the molecule is C[C@@H]1CC[C@@H](CO[Si](c2ccccc2)(c2ccccc2)C(C)(C)C)O1. The lowest BCUT2D eigenvalue weighted by atomic mass is 10.2. The Balaban J connectivity index is 2.02. The highest BCUT2D eigenvalue weighted by atomic mass is 28.4. The third-order valence-electron chi connectivity index (χ3n) is 5.22. The lowest BCUT2D eigenvalue weighted by Crippen LogP contribution is -2.67. The average molecular weight is 355 g/mol. The fraction of sp³-hybridized carbons (Fsp3) is 0.455. The van der Waals surface area contributed by atoms with Crippen molar-refractivity contribution in [3.63, 3.8) is 0 Å². The van der Waals surface area contributed by atoms with Crippen LogP contribution in [0.25, 0.3) is 0 Å². The van der Waals surface area contributed by atoms with Gasteiger partial charge in [-0.25, -0.2) is 0 Å². The Morgan fingerprint density at radius 3 is 1.84 bits per heavy atom. The minimum atomic E-state index is -2.42. The van der Waals surface area contributed by atoms with Crippen molar-refractivity contribution in [2.24, 2.45) is 0 Å². The smallest absolute Gasteiger partial charge is 0.261 e. The van der Waals surface area contributed by atoms with Gasteiger partial charge >= 0.3 is 0 Å². The van der Waals surface area contributed by atoms with Crippen molar-refractivity contribution in [1.29, 1.82) is 0 Å². The van der Waals surface area contributed by atoms with Crippen molar-refractivity contribution in [1.82, 2.24) is 0 Å². The van der Waals surface area contributed by atoms with Crippen LogP contribution in [0.15, 0.2) is 60.7 Å². The number of ether oxygens (including phenoxy) is 1. The molecule has 2 aromatic carbocycles. The first-order valence-corrected chi connectivity index (χ1v) is 11.2. The molecule has 2 nitrogen and oxygen atoms in total. The van der Waals surface area contributed by atoms with Crippen molar-refractivity contribution in [3.05, 3.63) is 60.7 Å². The molecular formula is C22H30O2Si. The van der Waals surface area contributed by atoms with E-state index in [1.54, 1.807) is 0 Å². The second-order valence-electron chi connectivity index (χ2n) is 8.12. The van der Waals surface area contributed by atoms with Gasteiger partial charge in [0.25, 0.3) is 8.32 Å². The number of rotatable bonds is 5. The van der Waals surface area contributed by atoms with Gasteiger partial charge in [-0.2, -0.15) is 0 Å². The Morgan fingerprint density at radius 1 is 0.920 bits per heavy atom. The summed E-state index contributed by atoms with van der Waals surface area (Å²) in [4.78, 5) is 0. The van der Waals surface area contributed by atoms with E-state index in [4.69, 9.17) is 9.16 Å². The molecule has 134 valence electrons. The average Bonchev–Trinajstić information content (AvgIpc) is 3.02. The van der Waals surface area contributed by atoms with Crippen LogP contribution in [0.2, 0.25) is 5.04 Å². The van der Waals surface area contributed by atoms with Gasteiger partial charge in [0.1, 0.15) is 0 Å². The first-order chi connectivity index (χ1) is 11.9. The highest BCUT2D eigenvalue weighted by molar-refractivity contribution is 6.99. The van der Waals surface area contributed by atoms with Crippen LogP contribution < -0.4 is 10.4 Å². The van der Waals surface area contributed by atoms with Crippen LogP contribution >= 0.6 is 0 Å². The van der Waals surface area contributed by atoms with E-state index in [-0.39, 0.29) is 11.1 Å². The van der Waals surface area contributed by atoms with Crippen molar-refractivity contribution in [3.8, 4) is 0 Å². The molecule has 0 aromatic heterocycles. The Labute approximate surface area is 153 Å². The van der Waals surface area contributed by atoms with Gasteiger partial charge in [-0.15, -0.1) is 0 Å². The summed E-state index contributed by atoms with van der Waals surface area (Å²) < 4.78 is 13.0. The Hall–Kier alpha value is -1.42. The standard InChI is InChI=1S/C22H30O2Si/c1-18-15-16-19(24-18)17-23-25(22(2,3)4,20-11-7-5-8-12-20)21-13-9-6-10-14-21/h5-14,18-19H,15-17H2,1-4H3/t18-,19+/m1/s1. The summed E-state index contributed by atoms with van der Waals surface area (Å²) in [6.45, 7) is 9.78. The van der Waals surface area contributed by atoms with Gasteiger partial charge in [0.05, 0.1) is 18.8 Å². The third-order valence-corrected chi connectivity index (χ3v) is 10.2. The zero-order valence-corrected chi connectivity index (χ0v) is 16.9. The molecule has 0 bridgehead atoms. The third kappa shape index (κ3) is 3.74. The van der Waals surface area contributed by atoms with Gasteiger partial charge in [0.2, 0.25) is 0 Å². The Morgan fingerprint density at radius 2 is 1.44 bits per heavy atom. The molecule has 0 unspecified atom stereocenters. The molecule has 1 heterocycles. The highest BCUT2D eigenvalue weighted by Gasteiger charge is 2.50. The van der Waals surface area contributed by atoms with E-state index in [2.05, 4.69) is 88.4 Å². The summed E-state index contributed by atoms with van der Waals surface area (Å²) in [6.07, 6.45) is 2.80. The van der Waals surface area contributed by atoms with Crippen LogP contribution in [0, 0.1) is 0 Å². The normalized spacial score (nSPS) is 21.4. The molecule has 0 spiro atoms. The molecule has 1 fully saturated rings. The van der Waals surface area contributed by atoms with Crippen LogP contribution in [-0.4, -0.2) is 27.1 Å². The fourth-order valence-electron chi connectivity index (χ4n) is 3.99. The molecule has 3 rings (SSSR count). The van der Waals surface area contributed by atoms with E-state index in [0.717, 1.165) is 12.8 Å². The number of hydrogen-bond acceptors (Lipinski definition) is 2. The lowest BCUT2D eigenvalue weighted by molar-refractivity contribution is 0.0240. The molecule has 25 heavy (non-hydrogen) atoms. The summed E-state index contributed by atoms with van der Waals surface area (Å²) in [5.41, 5.74) is 0. The van der Waals surface area contributed by atoms with E-state index >= 15 is 0 Å². The quantitative estimate of drug-likeness (QED) is 0.752. The van der Waals surface area contributed by atoms with E-state index in [1.165, 1.54) is 10.4 Å². The van der Waals surface area contributed by atoms with E-state index < -0.39 is 8.32 Å². The van der Waals surface area contributed by atoms with Gasteiger partial charge in [0.15, 0.2) is 0 Å². The molecule has 0 N–H and O–H groups in total. The van der Waals surface area contributed by atoms with Crippen molar-refractivity contribution >= 4 is 18.7 Å². The second-order valence-corrected chi connectivity index (χ2v) is 12.4. The number of benzene rings is 2. The highest BCUT2D eigenvalue weighted by Crippen LogP contribution is 2.37. The van der Waals surface area contributed by atoms with Gasteiger partial charge in [-0.05, 0) is 35.2 Å². The van der Waals surface area contributed by atoms with Gasteiger partial charge in [0, 0.05) is 0 Å². The van der Waals surface area contributed by atoms with Crippen LogP contribution in [0.1, 0.15) is 40.5 Å². The van der Waals surface area contributed by atoms with Crippen LogP contribution in [-0.2, 0) is 9.16 Å². The maximum atomic E-state index is 6.91. The predicted octanol–water partition coefficient (Wildman–Crippen LogP) is 4.13. The Kier molecular flexibility index (Phi) is 5.47. The van der Waals surface area contributed by atoms with Gasteiger partial charge < -0.3 is 9.16 Å². The Bertz CT molecular complexity index is 624. The lowest BCUT2D eigenvalue weighted by Gasteiger charge is -2.43. The molecule has 2 atom stereocenters. The zero-order chi connectivity index (χ0) is 17.9. The summed E-state index contributed by atoms with van der Waals surface area (Å²) in [5, 5.41) is 2.69. The molecule has 0 aliphatic carbocycles. The molecule has 1 saturated heterocycles. The molecular weight excluding hydrogens is 324 g/mol. The van der Waals surface area contributed by atoms with Crippen molar-refractivity contribution in [2.45, 2.75) is 57.8 Å². The summed E-state index contributed by atoms with van der Waals surface area (Å²) in [6, 6.07) is 21.6. The molecule has 0 radical (unpaired) electrons. The molecule has 1 aliphatic rings. The molecule has 2 aromatic rings. The first kappa shape index (κ1) is 18.4. The minimum Gasteiger partial charge on any atom is -0.405 e. The molecule has 0 saturated carbocycles. The van der Waals surface area contributed by atoms with Crippen LogP contribution in [0.4, 0.5) is 0 Å². The van der Waals surface area contributed by atoms with E-state index in [9.17, 15) is 0 Å². The van der Waals surface area contributed by atoms with Gasteiger partial charge in [-0.1, -0.05) is 81.4 Å². The summed E-state index contributed by atoms with van der Waals surface area (Å²) >= 11 is 0. The minimum absolute atomic E-state index is 0.0277. The fourth-order valence-corrected chi connectivity index (χ4v) is 8.58. The molecule has 1 aliphatic heterocycles. The van der Waals surface area contributed by atoms with E-state index in [1.807, 2.05) is 0 Å². The topological polar surface area (TPSA) is 18.5 Å². The van der Waals surface area contributed by atoms with Crippen molar-refractivity contribution < 1.29 is 9.16 Å². The largest absolute Gasteiger partial charge is 0.405 e. The van der Waals surface area contributed by atoms with Crippen LogP contribution in [0.3, 0.4) is 0 Å². The molecule has 3 heteroatoms. The molecule has 0 amide bonds. The van der Waals surface area contributed by atoms with Gasteiger partial charge in [-0.3, -0.25) is 0 Å². The predicted molar refractivity (Wildman–Crippen MR) is 107 cm³/mol. The first-order valence-electron chi connectivity index (χ1n) is 9.34. The van der Waals surface area contributed by atoms with Crippen LogP contribution in [0.5, 0.6) is 0 Å². The maximum Gasteiger partial charge on any atom is 0.261 e. The number of hydrogen-bond donors (Lipinski definition) is 0. The summed E-state index contributed by atoms with van der Waals surface area (Å²) in [5.74, 6) is 0. The van der Waals surface area contributed by atoms with Crippen molar-refractivity contribution in [2.75, 3.05) is 6.61 Å². The monoisotopic (exact) mass is 354 g/mol. The maximum absolute atomic E-state index is 6.91. The summed E-state index contributed by atoms with van der Waals surface area (Å²) in [7, 11) is -2.42. The second kappa shape index (κ2) is 7.44. The van der Waals surface area contributed by atoms with E-state index in [0.29, 0.717) is 12.7 Å².